The molecule has 1 aliphatic rings. The third-order valence-electron chi connectivity index (χ3n) is 6.58. The first-order valence-corrected chi connectivity index (χ1v) is 13.3. The summed E-state index contributed by atoms with van der Waals surface area (Å²) in [6.45, 7) is 5.73. The smallest absolute Gasteiger partial charge is 0.273 e. The van der Waals surface area contributed by atoms with Crippen LogP contribution in [-0.4, -0.2) is 36.9 Å². The lowest BCUT2D eigenvalue weighted by atomic mass is 9.99. The van der Waals surface area contributed by atoms with Crippen LogP contribution in [0.4, 0.5) is 5.69 Å². The van der Waals surface area contributed by atoms with Crippen LogP contribution in [0.3, 0.4) is 0 Å². The molecule has 0 spiro atoms. The predicted molar refractivity (Wildman–Crippen MR) is 148 cm³/mol. The molecule has 1 amide bonds. The lowest BCUT2D eigenvalue weighted by molar-refractivity contribution is 0.0909. The fourth-order valence-corrected chi connectivity index (χ4v) is 4.67. The molecule has 4 rings (SSSR count). The van der Waals surface area contributed by atoms with E-state index in [1.165, 1.54) is 0 Å². The first kappa shape index (κ1) is 26.4. The summed E-state index contributed by atoms with van der Waals surface area (Å²) in [4.78, 5) is 27.2. The lowest BCUT2D eigenvalue weighted by Crippen LogP contribution is -2.52. The largest absolute Gasteiger partial charge is 0.493 e. The van der Waals surface area contributed by atoms with Crippen LogP contribution in [-0.2, 0) is 6.42 Å². The van der Waals surface area contributed by atoms with Gasteiger partial charge in [-0.05, 0) is 62.4 Å². The fraction of sp³-hybridized carbons (Fsp3) is 0.355. The average Bonchev–Trinajstić information content (AvgIpc) is 3.10. The maximum Gasteiger partial charge on any atom is 0.273 e. The van der Waals surface area contributed by atoms with Crippen LogP contribution in [0, 0.1) is 0 Å². The predicted octanol–water partition coefficient (Wildman–Crippen LogP) is 5.58. The number of benzene rings is 3. The number of amides is 1. The van der Waals surface area contributed by atoms with Gasteiger partial charge >= 0.3 is 0 Å². The number of unbranched alkanes of at least 4 members (excludes halogenated alkanes) is 1. The van der Waals surface area contributed by atoms with Crippen molar-refractivity contribution in [2.24, 2.45) is 0 Å². The van der Waals surface area contributed by atoms with E-state index in [-0.39, 0.29) is 11.7 Å². The average molecular weight is 500 g/mol. The third-order valence-corrected chi connectivity index (χ3v) is 6.58. The summed E-state index contributed by atoms with van der Waals surface area (Å²) in [7, 11) is 0. The van der Waals surface area contributed by atoms with Crippen LogP contribution >= 0.6 is 0 Å². The summed E-state index contributed by atoms with van der Waals surface area (Å²) in [5.74, 6) is 0.252. The zero-order chi connectivity index (χ0) is 26.0. The number of ether oxygens (including phenoxy) is 1. The van der Waals surface area contributed by atoms with Crippen molar-refractivity contribution in [3.63, 3.8) is 0 Å². The van der Waals surface area contributed by atoms with E-state index in [0.717, 1.165) is 43.5 Å². The molecule has 3 aromatic carbocycles. The van der Waals surface area contributed by atoms with Crippen molar-refractivity contribution in [1.82, 2.24) is 10.7 Å². The number of ketones is 1. The van der Waals surface area contributed by atoms with Gasteiger partial charge in [0.25, 0.3) is 5.91 Å². The molecule has 0 bridgehead atoms. The van der Waals surface area contributed by atoms with Gasteiger partial charge in [-0.2, -0.15) is 0 Å². The van der Waals surface area contributed by atoms with E-state index >= 15 is 0 Å². The zero-order valence-corrected chi connectivity index (χ0v) is 21.8. The molecule has 3 aromatic rings. The number of para-hydroxylation sites is 2. The monoisotopic (exact) mass is 499 g/mol. The number of carbonyl (C=O) groups is 2. The second-order valence-corrected chi connectivity index (χ2v) is 9.74. The molecule has 0 aliphatic carbocycles. The molecule has 194 valence electrons. The van der Waals surface area contributed by atoms with Gasteiger partial charge in [0, 0.05) is 11.6 Å². The maximum atomic E-state index is 13.6. The molecule has 2 N–H and O–H groups in total. The van der Waals surface area contributed by atoms with Gasteiger partial charge < -0.3 is 10.1 Å². The number of nitrogens with one attached hydrogen (secondary N) is 2. The molecule has 0 aromatic heterocycles. The number of hydrazine groups is 1. The molecule has 6 nitrogen and oxygen atoms in total. The molecule has 1 aliphatic heterocycles. The Morgan fingerprint density at radius 1 is 0.946 bits per heavy atom. The van der Waals surface area contributed by atoms with Crippen molar-refractivity contribution >= 4 is 17.4 Å². The van der Waals surface area contributed by atoms with Gasteiger partial charge in [-0.15, -0.1) is 0 Å². The van der Waals surface area contributed by atoms with Crippen LogP contribution in [0.25, 0.3) is 0 Å². The summed E-state index contributed by atoms with van der Waals surface area (Å²) < 4.78 is 6.02. The topological polar surface area (TPSA) is 70.7 Å². The number of rotatable bonds is 11. The van der Waals surface area contributed by atoms with Gasteiger partial charge in [0.15, 0.2) is 5.78 Å². The van der Waals surface area contributed by atoms with Crippen molar-refractivity contribution in [3.8, 4) is 5.75 Å². The number of fused-ring (bicyclic) bond motifs is 1. The van der Waals surface area contributed by atoms with Crippen LogP contribution in [0.1, 0.15) is 65.8 Å². The van der Waals surface area contributed by atoms with Crippen LogP contribution in [0.5, 0.6) is 5.75 Å². The Bertz CT molecular complexity index is 1180. The standard InChI is InChI=1S/C31H37N3O3/c1-23(2)32-21-10-11-22-37-29-20-9-7-17-26(29)31(36)33-34-27-18-8-6-13-24(27)16-12-19-28(34)30(35)25-14-4-3-5-15-25/h3-9,13-15,17-18,20,23,28,32H,10-12,16,19,21-22H2,1-2H3,(H,33,36). The molecular formula is C31H37N3O3. The van der Waals surface area contributed by atoms with Gasteiger partial charge in [-0.25, -0.2) is 0 Å². The van der Waals surface area contributed by atoms with Gasteiger partial charge in [0.1, 0.15) is 11.8 Å². The third kappa shape index (κ3) is 6.98. The SMILES string of the molecule is CC(C)NCCCCOc1ccccc1C(=O)NN1c2ccccc2CCCC1C(=O)c1ccccc1. The molecule has 0 radical (unpaired) electrons. The number of anilines is 1. The summed E-state index contributed by atoms with van der Waals surface area (Å²) >= 11 is 0. The van der Waals surface area contributed by atoms with E-state index in [2.05, 4.69) is 30.7 Å². The second-order valence-electron chi connectivity index (χ2n) is 9.74. The molecule has 6 heteroatoms. The quantitative estimate of drug-likeness (QED) is 0.266. The summed E-state index contributed by atoms with van der Waals surface area (Å²) in [6.07, 6.45) is 4.25. The van der Waals surface area contributed by atoms with E-state index < -0.39 is 6.04 Å². The zero-order valence-electron chi connectivity index (χ0n) is 21.8. The first-order valence-electron chi connectivity index (χ1n) is 13.3. The molecule has 0 saturated heterocycles. The minimum atomic E-state index is -0.503. The van der Waals surface area contributed by atoms with E-state index in [9.17, 15) is 9.59 Å². The lowest BCUT2D eigenvalue weighted by Gasteiger charge is -2.32. The van der Waals surface area contributed by atoms with Crippen molar-refractivity contribution < 1.29 is 14.3 Å². The van der Waals surface area contributed by atoms with Gasteiger partial charge in [-0.3, -0.25) is 20.0 Å². The number of aryl methyl sites for hydroxylation is 1. The van der Waals surface area contributed by atoms with Gasteiger partial charge in [0.05, 0.1) is 17.9 Å². The van der Waals surface area contributed by atoms with E-state index in [1.54, 1.807) is 11.1 Å². The Morgan fingerprint density at radius 2 is 1.68 bits per heavy atom. The minimum Gasteiger partial charge on any atom is -0.493 e. The van der Waals surface area contributed by atoms with Crippen LogP contribution in [0.2, 0.25) is 0 Å². The molecule has 0 fully saturated rings. The highest BCUT2D eigenvalue weighted by Gasteiger charge is 2.32. The van der Waals surface area contributed by atoms with Crippen LogP contribution < -0.4 is 20.5 Å². The van der Waals surface area contributed by atoms with Crippen LogP contribution in [0.15, 0.2) is 78.9 Å². The highest BCUT2D eigenvalue weighted by molar-refractivity contribution is 6.04. The highest BCUT2D eigenvalue weighted by Crippen LogP contribution is 2.30. The van der Waals surface area contributed by atoms with Gasteiger partial charge in [-0.1, -0.05) is 74.5 Å². The molecule has 37 heavy (non-hydrogen) atoms. The second kappa shape index (κ2) is 13.1. The van der Waals surface area contributed by atoms with Crippen molar-refractivity contribution in [2.75, 3.05) is 18.2 Å². The van der Waals surface area contributed by atoms with E-state index in [0.29, 0.717) is 35.9 Å². The van der Waals surface area contributed by atoms with Crippen molar-refractivity contribution in [3.05, 3.63) is 95.6 Å². The van der Waals surface area contributed by atoms with E-state index in [1.807, 2.05) is 66.7 Å². The molecule has 1 atom stereocenters. The Morgan fingerprint density at radius 3 is 2.49 bits per heavy atom. The normalized spacial score (nSPS) is 15.1. The molecular weight excluding hydrogens is 462 g/mol. The number of Topliss-reactive ketones (excluding diaryl/α,β-unsaturated/α-hetero) is 1. The Balaban J connectivity index is 1.53. The molecule has 0 saturated carbocycles. The minimum absolute atomic E-state index is 0.00264. The summed E-state index contributed by atoms with van der Waals surface area (Å²) in [5, 5.41) is 5.18. The Hall–Kier alpha value is -3.64. The van der Waals surface area contributed by atoms with Crippen molar-refractivity contribution in [2.45, 2.75) is 58.0 Å². The van der Waals surface area contributed by atoms with E-state index in [4.69, 9.17) is 4.74 Å². The number of hydrogen-bond acceptors (Lipinski definition) is 5. The summed E-state index contributed by atoms with van der Waals surface area (Å²) in [5.41, 5.74) is 6.15. The number of hydrogen-bond donors (Lipinski definition) is 2. The summed E-state index contributed by atoms with van der Waals surface area (Å²) in [6, 6.07) is 24.5. The van der Waals surface area contributed by atoms with Crippen molar-refractivity contribution in [1.29, 1.82) is 0 Å². The fourth-order valence-electron chi connectivity index (χ4n) is 4.67. The molecule has 1 heterocycles. The number of carbonyl (C=O) groups excluding carboxylic acids is 2. The maximum absolute atomic E-state index is 13.6. The molecule has 1 unspecified atom stereocenters. The number of nitrogens with zero attached hydrogens (tertiary/aromatic N) is 1. The Labute approximate surface area is 220 Å². The Kier molecular flexibility index (Phi) is 9.33. The first-order chi connectivity index (χ1) is 18.0. The highest BCUT2D eigenvalue weighted by atomic mass is 16.5. The van der Waals surface area contributed by atoms with Gasteiger partial charge in [0.2, 0.25) is 0 Å².